The van der Waals surface area contributed by atoms with Crippen molar-refractivity contribution in [2.24, 2.45) is 0 Å². The highest BCUT2D eigenvalue weighted by Gasteiger charge is 2.37. The zero-order chi connectivity index (χ0) is 19.8. The largest absolute Gasteiger partial charge is 0.418 e. The second kappa shape index (κ2) is 7.00. The van der Waals surface area contributed by atoms with Crippen LogP contribution < -0.4 is 5.32 Å². The minimum absolute atomic E-state index is 0.0581. The molecule has 1 N–H and O–H groups in total. The normalized spacial score (nSPS) is 12.6. The highest BCUT2D eigenvalue weighted by atomic mass is 35.5. The molecule has 1 atom stereocenters. The first-order valence-electron chi connectivity index (χ1n) is 7.87. The van der Waals surface area contributed by atoms with Crippen LogP contribution in [0, 0.1) is 18.3 Å². The van der Waals surface area contributed by atoms with Crippen LogP contribution in [-0.2, 0) is 6.18 Å². The number of hydrogen-bond acceptors (Lipinski definition) is 5. The number of halogens is 4. The number of fused-ring (bicyclic) bond motifs is 1. The first-order chi connectivity index (χ1) is 12.7. The topological polar surface area (TPSA) is 74.5 Å². The van der Waals surface area contributed by atoms with Gasteiger partial charge in [0.1, 0.15) is 5.15 Å². The van der Waals surface area contributed by atoms with Gasteiger partial charge in [-0.2, -0.15) is 23.5 Å². The molecule has 1 unspecified atom stereocenters. The lowest BCUT2D eigenvalue weighted by molar-refractivity contribution is -0.138. The molecule has 0 spiro atoms. The summed E-state index contributed by atoms with van der Waals surface area (Å²) in [6.45, 7) is 3.30. The standard InChI is InChI=1S/C18H13ClF3N5/c1-9(12-5-3-4-11(7-23)16(12)18(20,21)22)25-17-13-6-15(19)24-8-14(13)10(2)26-27-17/h3-6,8-9H,1-2H3,(H,25,27). The summed E-state index contributed by atoms with van der Waals surface area (Å²) in [7, 11) is 0. The summed E-state index contributed by atoms with van der Waals surface area (Å²) in [6.07, 6.45) is -3.12. The van der Waals surface area contributed by atoms with E-state index in [1.165, 1.54) is 18.3 Å². The fraction of sp³-hybridized carbons (Fsp3) is 0.222. The second-order valence-electron chi connectivity index (χ2n) is 5.93. The van der Waals surface area contributed by atoms with Crippen LogP contribution in [0.1, 0.15) is 35.3 Å². The van der Waals surface area contributed by atoms with E-state index >= 15 is 0 Å². The van der Waals surface area contributed by atoms with Crippen LogP contribution in [0.25, 0.3) is 10.8 Å². The number of pyridine rings is 1. The van der Waals surface area contributed by atoms with E-state index in [4.69, 9.17) is 16.9 Å². The van der Waals surface area contributed by atoms with Crippen LogP contribution in [0.2, 0.25) is 5.15 Å². The summed E-state index contributed by atoms with van der Waals surface area (Å²) in [4.78, 5) is 4.00. The number of alkyl halides is 3. The van der Waals surface area contributed by atoms with E-state index in [1.54, 1.807) is 26.0 Å². The number of hydrogen-bond donors (Lipinski definition) is 1. The quantitative estimate of drug-likeness (QED) is 0.632. The Hall–Kier alpha value is -2.92. The predicted octanol–water partition coefficient (Wildman–Crippen LogP) is 5.05. The highest BCUT2D eigenvalue weighted by Crippen LogP contribution is 2.38. The van der Waals surface area contributed by atoms with Gasteiger partial charge in [-0.25, -0.2) is 4.98 Å². The number of nitriles is 1. The van der Waals surface area contributed by atoms with Crippen LogP contribution >= 0.6 is 11.6 Å². The third kappa shape index (κ3) is 3.64. The van der Waals surface area contributed by atoms with Gasteiger partial charge in [0.2, 0.25) is 0 Å². The molecular weight excluding hydrogens is 379 g/mol. The van der Waals surface area contributed by atoms with Crippen LogP contribution in [0.3, 0.4) is 0 Å². The number of benzene rings is 1. The molecule has 9 heteroatoms. The lowest BCUT2D eigenvalue weighted by Crippen LogP contribution is -2.18. The van der Waals surface area contributed by atoms with Crippen molar-refractivity contribution < 1.29 is 13.2 Å². The molecular formula is C18H13ClF3N5. The number of nitrogens with zero attached hydrogens (tertiary/aromatic N) is 4. The van der Waals surface area contributed by atoms with Gasteiger partial charge in [-0.15, -0.1) is 5.10 Å². The van der Waals surface area contributed by atoms with E-state index in [2.05, 4.69) is 20.5 Å². The van der Waals surface area contributed by atoms with Crippen molar-refractivity contribution in [1.29, 1.82) is 5.26 Å². The van der Waals surface area contributed by atoms with Crippen molar-refractivity contribution >= 4 is 28.2 Å². The van der Waals surface area contributed by atoms with Crippen molar-refractivity contribution in [3.05, 3.63) is 58.0 Å². The van der Waals surface area contributed by atoms with E-state index in [0.29, 0.717) is 16.5 Å². The van der Waals surface area contributed by atoms with Crippen LogP contribution in [0.4, 0.5) is 19.0 Å². The fourth-order valence-electron chi connectivity index (χ4n) is 2.88. The van der Waals surface area contributed by atoms with Crippen molar-refractivity contribution in [2.45, 2.75) is 26.1 Å². The van der Waals surface area contributed by atoms with Crippen molar-refractivity contribution in [2.75, 3.05) is 5.32 Å². The molecule has 27 heavy (non-hydrogen) atoms. The average molecular weight is 392 g/mol. The first kappa shape index (κ1) is 18.9. The van der Waals surface area contributed by atoms with E-state index < -0.39 is 23.3 Å². The molecule has 138 valence electrons. The van der Waals surface area contributed by atoms with E-state index in [0.717, 1.165) is 6.07 Å². The lowest BCUT2D eigenvalue weighted by atomic mass is 9.96. The van der Waals surface area contributed by atoms with Gasteiger partial charge in [0.15, 0.2) is 5.82 Å². The molecule has 0 saturated heterocycles. The zero-order valence-electron chi connectivity index (χ0n) is 14.3. The molecule has 5 nitrogen and oxygen atoms in total. The van der Waals surface area contributed by atoms with Crippen molar-refractivity contribution in [3.8, 4) is 6.07 Å². The van der Waals surface area contributed by atoms with E-state index in [1.807, 2.05) is 0 Å². The number of nitrogens with one attached hydrogen (secondary N) is 1. The molecule has 0 bridgehead atoms. The average Bonchev–Trinajstić information content (AvgIpc) is 2.62. The van der Waals surface area contributed by atoms with Gasteiger partial charge >= 0.3 is 6.18 Å². The van der Waals surface area contributed by atoms with Gasteiger partial charge in [0, 0.05) is 17.0 Å². The predicted molar refractivity (Wildman–Crippen MR) is 95.3 cm³/mol. The Morgan fingerprint density at radius 3 is 2.63 bits per heavy atom. The number of aromatic nitrogens is 3. The third-order valence-electron chi connectivity index (χ3n) is 4.14. The van der Waals surface area contributed by atoms with E-state index in [-0.39, 0.29) is 16.5 Å². The Morgan fingerprint density at radius 2 is 1.96 bits per heavy atom. The number of anilines is 1. The summed E-state index contributed by atoms with van der Waals surface area (Å²) in [5, 5.41) is 21.6. The smallest absolute Gasteiger partial charge is 0.362 e. The molecule has 3 rings (SSSR count). The summed E-state index contributed by atoms with van der Waals surface area (Å²) in [6, 6.07) is 6.28. The minimum Gasteiger partial charge on any atom is -0.362 e. The van der Waals surface area contributed by atoms with Crippen LogP contribution in [0.5, 0.6) is 0 Å². The maximum Gasteiger partial charge on any atom is 0.418 e. The molecule has 2 heterocycles. The van der Waals surface area contributed by atoms with Crippen LogP contribution in [-0.4, -0.2) is 15.2 Å². The van der Waals surface area contributed by atoms with Gasteiger partial charge in [0.05, 0.1) is 28.9 Å². The molecule has 1 aromatic carbocycles. The van der Waals surface area contributed by atoms with Crippen LogP contribution in [0.15, 0.2) is 30.5 Å². The molecule has 0 aliphatic rings. The molecule has 0 saturated carbocycles. The Balaban J connectivity index is 2.09. The summed E-state index contributed by atoms with van der Waals surface area (Å²) in [5.74, 6) is 0.280. The van der Waals surface area contributed by atoms with E-state index in [9.17, 15) is 13.2 Å². The third-order valence-corrected chi connectivity index (χ3v) is 4.34. The summed E-state index contributed by atoms with van der Waals surface area (Å²) >= 11 is 5.95. The molecule has 0 fully saturated rings. The number of aryl methyl sites for hydroxylation is 1. The van der Waals surface area contributed by atoms with Crippen molar-refractivity contribution in [3.63, 3.8) is 0 Å². The SMILES string of the molecule is Cc1nnc(NC(C)c2cccc(C#N)c2C(F)(F)F)c2cc(Cl)ncc12. The van der Waals surface area contributed by atoms with Gasteiger partial charge in [-0.05, 0) is 31.5 Å². The van der Waals surface area contributed by atoms with Gasteiger partial charge < -0.3 is 5.32 Å². The minimum atomic E-state index is -4.66. The fourth-order valence-corrected chi connectivity index (χ4v) is 3.03. The highest BCUT2D eigenvalue weighted by molar-refractivity contribution is 6.30. The Bertz CT molecular complexity index is 1060. The maximum atomic E-state index is 13.5. The molecule has 0 aliphatic heterocycles. The Labute approximate surface area is 157 Å². The molecule has 3 aromatic rings. The summed E-state index contributed by atoms with van der Waals surface area (Å²) in [5.41, 5.74) is -0.829. The Morgan fingerprint density at radius 1 is 1.22 bits per heavy atom. The van der Waals surface area contributed by atoms with Gasteiger partial charge in [-0.1, -0.05) is 23.7 Å². The summed E-state index contributed by atoms with van der Waals surface area (Å²) < 4.78 is 40.6. The van der Waals surface area contributed by atoms with Gasteiger partial charge in [0.25, 0.3) is 0 Å². The molecule has 0 radical (unpaired) electrons. The second-order valence-corrected chi connectivity index (χ2v) is 6.32. The monoisotopic (exact) mass is 391 g/mol. The molecule has 0 aliphatic carbocycles. The zero-order valence-corrected chi connectivity index (χ0v) is 15.0. The Kier molecular flexibility index (Phi) is 4.89. The molecule has 0 amide bonds. The first-order valence-corrected chi connectivity index (χ1v) is 8.25. The lowest BCUT2D eigenvalue weighted by Gasteiger charge is -2.21. The maximum absolute atomic E-state index is 13.5. The number of rotatable bonds is 3. The van der Waals surface area contributed by atoms with Crippen molar-refractivity contribution in [1.82, 2.24) is 15.2 Å². The van der Waals surface area contributed by atoms with Gasteiger partial charge in [-0.3, -0.25) is 0 Å². The molecule has 2 aromatic heterocycles.